The predicted molar refractivity (Wildman–Crippen MR) is 101 cm³/mol. The van der Waals surface area contributed by atoms with Gasteiger partial charge in [-0.15, -0.1) is 0 Å². The first-order valence-corrected chi connectivity index (χ1v) is 9.04. The van der Waals surface area contributed by atoms with Gasteiger partial charge in [0.25, 0.3) is 6.43 Å². The van der Waals surface area contributed by atoms with Crippen molar-refractivity contribution in [2.45, 2.75) is 32.9 Å². The molecule has 9 heteroatoms. The molecule has 0 spiro atoms. The van der Waals surface area contributed by atoms with Gasteiger partial charge >= 0.3 is 0 Å². The lowest BCUT2D eigenvalue weighted by Gasteiger charge is -2.15. The fraction of sp³-hybridized carbons (Fsp3) is 0.278. The molecular weight excluding hydrogens is 420 g/mol. The molecule has 142 valence electrons. The molecule has 0 aliphatic carbocycles. The normalized spacial score (nSPS) is 12.4. The van der Waals surface area contributed by atoms with Crippen LogP contribution in [0.2, 0.25) is 0 Å². The van der Waals surface area contributed by atoms with E-state index in [1.54, 1.807) is 30.8 Å². The van der Waals surface area contributed by atoms with Gasteiger partial charge in [-0.3, -0.25) is 14.2 Å². The van der Waals surface area contributed by atoms with Gasteiger partial charge in [0.1, 0.15) is 11.7 Å². The van der Waals surface area contributed by atoms with Gasteiger partial charge in [-0.2, -0.15) is 10.2 Å². The monoisotopic (exact) mass is 437 g/mol. The average molecular weight is 438 g/mol. The molecule has 0 aliphatic heterocycles. The first-order chi connectivity index (χ1) is 12.8. The van der Waals surface area contributed by atoms with Crippen molar-refractivity contribution in [1.29, 1.82) is 0 Å². The van der Waals surface area contributed by atoms with E-state index in [-0.39, 0.29) is 11.6 Å². The Labute approximate surface area is 163 Å². The largest absolute Gasteiger partial charge is 0.324 e. The first kappa shape index (κ1) is 19.2. The van der Waals surface area contributed by atoms with Crippen molar-refractivity contribution in [3.63, 3.8) is 0 Å². The van der Waals surface area contributed by atoms with Gasteiger partial charge in [0, 0.05) is 17.6 Å². The summed E-state index contributed by atoms with van der Waals surface area (Å²) in [4.78, 5) is 12.5. The van der Waals surface area contributed by atoms with Crippen LogP contribution in [0.5, 0.6) is 0 Å². The van der Waals surface area contributed by atoms with Crippen LogP contribution in [0, 0.1) is 6.92 Å². The molecule has 1 amide bonds. The number of alkyl halides is 2. The van der Waals surface area contributed by atoms with Crippen molar-refractivity contribution in [2.75, 3.05) is 5.32 Å². The van der Waals surface area contributed by atoms with Crippen molar-refractivity contribution < 1.29 is 13.6 Å². The van der Waals surface area contributed by atoms with Gasteiger partial charge in [0.2, 0.25) is 5.91 Å². The van der Waals surface area contributed by atoms with Crippen LogP contribution in [0.25, 0.3) is 0 Å². The number of anilines is 1. The zero-order valence-corrected chi connectivity index (χ0v) is 16.3. The number of nitrogens with one attached hydrogen (secondary N) is 1. The summed E-state index contributed by atoms with van der Waals surface area (Å²) in [5.74, 6) is -0.332. The molecule has 0 bridgehead atoms. The van der Waals surface area contributed by atoms with Crippen LogP contribution in [-0.2, 0) is 11.3 Å². The lowest BCUT2D eigenvalue weighted by Crippen LogP contribution is -2.25. The number of carbonyl (C=O) groups is 1. The Morgan fingerprint density at radius 1 is 1.33 bits per heavy atom. The van der Waals surface area contributed by atoms with Crippen molar-refractivity contribution in [1.82, 2.24) is 19.6 Å². The lowest BCUT2D eigenvalue weighted by molar-refractivity contribution is -0.119. The zero-order chi connectivity index (χ0) is 19.6. The minimum Gasteiger partial charge on any atom is -0.324 e. The van der Waals surface area contributed by atoms with E-state index < -0.39 is 12.5 Å². The quantitative estimate of drug-likeness (QED) is 0.623. The van der Waals surface area contributed by atoms with E-state index in [9.17, 15) is 13.6 Å². The van der Waals surface area contributed by atoms with E-state index >= 15 is 0 Å². The highest BCUT2D eigenvalue weighted by Crippen LogP contribution is 2.21. The minimum absolute atomic E-state index is 0.332. The van der Waals surface area contributed by atoms with Gasteiger partial charge in [-0.1, -0.05) is 12.1 Å². The number of rotatable bonds is 6. The molecule has 27 heavy (non-hydrogen) atoms. The summed E-state index contributed by atoms with van der Waals surface area (Å²) < 4.78 is 29.6. The summed E-state index contributed by atoms with van der Waals surface area (Å²) in [7, 11) is 0. The maximum Gasteiger partial charge on any atom is 0.282 e. The molecule has 1 aromatic carbocycles. The van der Waals surface area contributed by atoms with Crippen LogP contribution in [0.1, 0.15) is 36.3 Å². The maximum atomic E-state index is 12.8. The van der Waals surface area contributed by atoms with Crippen LogP contribution < -0.4 is 5.32 Å². The summed E-state index contributed by atoms with van der Waals surface area (Å²) >= 11 is 3.35. The molecule has 0 aliphatic rings. The number of nitrogens with zero attached hydrogens (tertiary/aromatic N) is 4. The van der Waals surface area contributed by atoms with Gasteiger partial charge in [0.15, 0.2) is 0 Å². The van der Waals surface area contributed by atoms with Gasteiger partial charge in [0.05, 0.1) is 17.2 Å². The number of hydrogen-bond donors (Lipinski definition) is 1. The van der Waals surface area contributed by atoms with E-state index in [1.807, 2.05) is 24.4 Å². The molecule has 0 saturated carbocycles. The van der Waals surface area contributed by atoms with Crippen LogP contribution >= 0.6 is 15.9 Å². The van der Waals surface area contributed by atoms with Crippen LogP contribution in [0.3, 0.4) is 0 Å². The number of amides is 1. The highest BCUT2D eigenvalue weighted by molar-refractivity contribution is 9.10. The van der Waals surface area contributed by atoms with Crippen molar-refractivity contribution in [2.24, 2.45) is 0 Å². The Kier molecular flexibility index (Phi) is 5.69. The second kappa shape index (κ2) is 7.99. The Morgan fingerprint density at radius 3 is 2.74 bits per heavy atom. The number of hydrogen-bond acceptors (Lipinski definition) is 3. The molecule has 1 N–H and O–H groups in total. The third kappa shape index (κ3) is 4.60. The number of halogens is 3. The Bertz CT molecular complexity index is 953. The lowest BCUT2D eigenvalue weighted by atomic mass is 10.2. The molecule has 2 heterocycles. The fourth-order valence-electron chi connectivity index (χ4n) is 2.73. The highest BCUT2D eigenvalue weighted by Gasteiger charge is 2.21. The second-order valence-electron chi connectivity index (χ2n) is 6.18. The maximum absolute atomic E-state index is 12.8. The molecule has 1 atom stereocenters. The smallest absolute Gasteiger partial charge is 0.282 e. The zero-order valence-electron chi connectivity index (χ0n) is 14.7. The SMILES string of the molecule is Cc1cc(C(F)F)nn1C(C)C(=O)Nc1cccc(Cn2cc(Br)cn2)c1. The molecule has 3 aromatic rings. The van der Waals surface area contributed by atoms with Crippen molar-refractivity contribution >= 4 is 27.5 Å². The third-order valence-electron chi connectivity index (χ3n) is 4.05. The number of carbonyl (C=O) groups excluding carboxylic acids is 1. The third-order valence-corrected chi connectivity index (χ3v) is 4.46. The summed E-state index contributed by atoms with van der Waals surface area (Å²) in [6.07, 6.45) is 0.890. The molecule has 0 radical (unpaired) electrons. The number of aromatic nitrogens is 4. The highest BCUT2D eigenvalue weighted by atomic mass is 79.9. The molecular formula is C18H18BrF2N5O. The summed E-state index contributed by atoms with van der Waals surface area (Å²) in [5.41, 5.74) is 1.76. The Hall–Kier alpha value is -2.55. The molecule has 0 saturated heterocycles. The number of aryl methyl sites for hydroxylation is 1. The van der Waals surface area contributed by atoms with Gasteiger partial charge in [-0.05, 0) is 53.5 Å². The standard InChI is InChI=1S/C18H18BrF2N5O/c1-11-6-16(17(20)21)24-26(11)12(2)18(27)23-15-5-3-4-13(7-15)9-25-10-14(19)8-22-25/h3-8,10,12,17H,9H2,1-2H3,(H,23,27). The molecule has 6 nitrogen and oxygen atoms in total. The summed E-state index contributed by atoms with van der Waals surface area (Å²) in [5, 5.41) is 10.9. The van der Waals surface area contributed by atoms with Crippen LogP contribution in [0.4, 0.5) is 14.5 Å². The predicted octanol–water partition coefficient (Wildman–Crippen LogP) is 4.34. The van der Waals surface area contributed by atoms with E-state index in [2.05, 4.69) is 31.4 Å². The van der Waals surface area contributed by atoms with E-state index in [0.29, 0.717) is 17.9 Å². The first-order valence-electron chi connectivity index (χ1n) is 8.25. The minimum atomic E-state index is -2.67. The van der Waals surface area contributed by atoms with Gasteiger partial charge < -0.3 is 5.32 Å². The van der Waals surface area contributed by atoms with Crippen molar-refractivity contribution in [3.8, 4) is 0 Å². The molecule has 3 rings (SSSR count). The molecule has 1 unspecified atom stereocenters. The summed E-state index contributed by atoms with van der Waals surface area (Å²) in [6.45, 7) is 3.82. The molecule has 0 fully saturated rings. The van der Waals surface area contributed by atoms with E-state index in [0.717, 1.165) is 10.0 Å². The van der Waals surface area contributed by atoms with E-state index in [4.69, 9.17) is 0 Å². The van der Waals surface area contributed by atoms with Gasteiger partial charge in [-0.25, -0.2) is 8.78 Å². The second-order valence-corrected chi connectivity index (χ2v) is 7.09. The Morgan fingerprint density at radius 2 is 2.11 bits per heavy atom. The van der Waals surface area contributed by atoms with E-state index in [1.165, 1.54) is 10.7 Å². The molecule has 2 aromatic heterocycles. The Balaban J connectivity index is 1.71. The average Bonchev–Trinajstić information content (AvgIpc) is 3.20. The summed E-state index contributed by atoms with van der Waals surface area (Å²) in [6, 6.07) is 7.96. The fourth-order valence-corrected chi connectivity index (χ4v) is 3.06. The number of benzene rings is 1. The van der Waals surface area contributed by atoms with Crippen LogP contribution in [0.15, 0.2) is 47.2 Å². The topological polar surface area (TPSA) is 64.7 Å². The van der Waals surface area contributed by atoms with Crippen molar-refractivity contribution in [3.05, 3.63) is 64.1 Å². The van der Waals surface area contributed by atoms with Crippen LogP contribution in [-0.4, -0.2) is 25.5 Å².